The fourth-order valence-corrected chi connectivity index (χ4v) is 1.83. The lowest BCUT2D eigenvalue weighted by Gasteiger charge is -2.10. The minimum Gasteiger partial charge on any atom is -0.368 e. The van der Waals surface area contributed by atoms with Crippen LogP contribution in [0.15, 0.2) is 22.7 Å². The Hall–Kier alpha value is -1.36. The highest BCUT2D eigenvalue weighted by Gasteiger charge is 2.14. The first kappa shape index (κ1) is 12.7. The van der Waals surface area contributed by atoms with Gasteiger partial charge in [-0.05, 0) is 37.6 Å². The zero-order chi connectivity index (χ0) is 12.3. The molecule has 1 aromatic rings. The standard InChI is InChI=1S/C11H13BrN2O2/c1-6-3-8(5-9(12)4-6)11(16)14-7(2)10(13)15/h3-5,7H,1-2H3,(H2,13,15)(H,14,16)/t7-/m1/s1. The van der Waals surface area contributed by atoms with E-state index in [1.807, 2.05) is 13.0 Å². The Morgan fingerprint density at radius 3 is 2.50 bits per heavy atom. The monoisotopic (exact) mass is 284 g/mol. The van der Waals surface area contributed by atoms with Crippen LogP contribution in [0.1, 0.15) is 22.8 Å². The third-order valence-corrected chi connectivity index (χ3v) is 2.54. The number of aryl methyl sites for hydroxylation is 1. The molecule has 0 radical (unpaired) electrons. The number of halogens is 1. The van der Waals surface area contributed by atoms with Crippen molar-refractivity contribution >= 4 is 27.7 Å². The highest BCUT2D eigenvalue weighted by molar-refractivity contribution is 9.10. The highest BCUT2D eigenvalue weighted by Crippen LogP contribution is 2.15. The topological polar surface area (TPSA) is 72.2 Å². The second kappa shape index (κ2) is 5.12. The summed E-state index contributed by atoms with van der Waals surface area (Å²) in [5, 5.41) is 2.52. The fourth-order valence-electron chi connectivity index (χ4n) is 1.22. The van der Waals surface area contributed by atoms with Crippen molar-refractivity contribution in [1.29, 1.82) is 0 Å². The normalized spacial score (nSPS) is 11.9. The van der Waals surface area contributed by atoms with Crippen LogP contribution in [0.2, 0.25) is 0 Å². The zero-order valence-electron chi connectivity index (χ0n) is 9.08. The number of carbonyl (C=O) groups is 2. The number of nitrogens with one attached hydrogen (secondary N) is 1. The molecule has 0 heterocycles. The summed E-state index contributed by atoms with van der Waals surface area (Å²) >= 11 is 3.30. The molecule has 0 bridgehead atoms. The second-order valence-corrected chi connectivity index (χ2v) is 4.53. The van der Waals surface area contributed by atoms with Crippen LogP contribution in [0.3, 0.4) is 0 Å². The summed E-state index contributed by atoms with van der Waals surface area (Å²) in [6, 6.07) is 4.66. The van der Waals surface area contributed by atoms with Gasteiger partial charge in [0.15, 0.2) is 0 Å². The summed E-state index contributed by atoms with van der Waals surface area (Å²) in [5.41, 5.74) is 6.52. The predicted molar refractivity (Wildman–Crippen MR) is 65.0 cm³/mol. The van der Waals surface area contributed by atoms with Crippen molar-refractivity contribution < 1.29 is 9.59 Å². The summed E-state index contributed by atoms with van der Waals surface area (Å²) in [5.74, 6) is -0.865. The van der Waals surface area contributed by atoms with Gasteiger partial charge in [-0.25, -0.2) is 0 Å². The lowest BCUT2D eigenvalue weighted by Crippen LogP contribution is -2.42. The van der Waals surface area contributed by atoms with E-state index < -0.39 is 11.9 Å². The third kappa shape index (κ3) is 3.34. The smallest absolute Gasteiger partial charge is 0.251 e. The van der Waals surface area contributed by atoms with Crippen LogP contribution in [0.4, 0.5) is 0 Å². The van der Waals surface area contributed by atoms with Crippen LogP contribution >= 0.6 is 15.9 Å². The van der Waals surface area contributed by atoms with Gasteiger partial charge in [-0.1, -0.05) is 15.9 Å². The molecular formula is C11H13BrN2O2. The van der Waals surface area contributed by atoms with Crippen molar-refractivity contribution in [2.45, 2.75) is 19.9 Å². The van der Waals surface area contributed by atoms with E-state index in [1.165, 1.54) is 0 Å². The van der Waals surface area contributed by atoms with E-state index in [0.29, 0.717) is 5.56 Å². The van der Waals surface area contributed by atoms with Crippen LogP contribution in [-0.4, -0.2) is 17.9 Å². The first-order valence-electron chi connectivity index (χ1n) is 4.77. The van der Waals surface area contributed by atoms with Gasteiger partial charge in [0.2, 0.25) is 5.91 Å². The molecule has 86 valence electrons. The summed E-state index contributed by atoms with van der Waals surface area (Å²) < 4.78 is 0.823. The number of rotatable bonds is 3. The average Bonchev–Trinajstić information content (AvgIpc) is 2.15. The van der Waals surface area contributed by atoms with Gasteiger partial charge in [0.05, 0.1) is 0 Å². The quantitative estimate of drug-likeness (QED) is 0.880. The van der Waals surface area contributed by atoms with Crippen LogP contribution < -0.4 is 11.1 Å². The van der Waals surface area contributed by atoms with Crippen LogP contribution in [0.25, 0.3) is 0 Å². The third-order valence-electron chi connectivity index (χ3n) is 2.08. The van der Waals surface area contributed by atoms with E-state index in [4.69, 9.17) is 5.73 Å². The van der Waals surface area contributed by atoms with Crippen molar-refractivity contribution in [2.24, 2.45) is 5.73 Å². The molecule has 0 unspecified atom stereocenters. The molecule has 0 aromatic heterocycles. The lowest BCUT2D eigenvalue weighted by atomic mass is 10.1. The average molecular weight is 285 g/mol. The first-order chi connectivity index (χ1) is 7.40. The molecule has 0 saturated heterocycles. The Morgan fingerprint density at radius 2 is 2.00 bits per heavy atom. The number of primary amides is 1. The van der Waals surface area contributed by atoms with Gasteiger partial charge in [0.25, 0.3) is 5.91 Å². The van der Waals surface area contributed by atoms with E-state index >= 15 is 0 Å². The number of hydrogen-bond acceptors (Lipinski definition) is 2. The van der Waals surface area contributed by atoms with E-state index in [0.717, 1.165) is 10.0 Å². The van der Waals surface area contributed by atoms with Gasteiger partial charge in [-0.2, -0.15) is 0 Å². The molecule has 16 heavy (non-hydrogen) atoms. The maximum absolute atomic E-state index is 11.7. The summed E-state index contributed by atoms with van der Waals surface area (Å²) in [6.45, 7) is 3.43. The second-order valence-electron chi connectivity index (χ2n) is 3.61. The maximum atomic E-state index is 11.7. The van der Waals surface area contributed by atoms with Crippen molar-refractivity contribution in [3.63, 3.8) is 0 Å². The van der Waals surface area contributed by atoms with Crippen LogP contribution in [-0.2, 0) is 4.79 Å². The van der Waals surface area contributed by atoms with Crippen LogP contribution in [0.5, 0.6) is 0 Å². The van der Waals surface area contributed by atoms with E-state index in [1.54, 1.807) is 19.1 Å². The Bertz CT molecular complexity index is 412. The van der Waals surface area contributed by atoms with Crippen molar-refractivity contribution in [1.82, 2.24) is 5.32 Å². The molecule has 5 heteroatoms. The Labute approximate surface area is 102 Å². The molecule has 0 aliphatic carbocycles. The van der Waals surface area contributed by atoms with Crippen molar-refractivity contribution in [3.8, 4) is 0 Å². The molecule has 0 saturated carbocycles. The molecule has 0 fully saturated rings. The molecule has 1 atom stereocenters. The number of amides is 2. The van der Waals surface area contributed by atoms with Crippen molar-refractivity contribution in [3.05, 3.63) is 33.8 Å². The van der Waals surface area contributed by atoms with Gasteiger partial charge in [0.1, 0.15) is 6.04 Å². The van der Waals surface area contributed by atoms with E-state index in [9.17, 15) is 9.59 Å². The molecule has 1 aromatic carbocycles. The molecule has 3 N–H and O–H groups in total. The van der Waals surface area contributed by atoms with Crippen molar-refractivity contribution in [2.75, 3.05) is 0 Å². The van der Waals surface area contributed by atoms with Gasteiger partial charge in [-0.15, -0.1) is 0 Å². The minimum atomic E-state index is -0.674. The van der Waals surface area contributed by atoms with Gasteiger partial charge in [0, 0.05) is 10.0 Å². The number of carbonyl (C=O) groups excluding carboxylic acids is 2. The van der Waals surface area contributed by atoms with Crippen LogP contribution in [0, 0.1) is 6.92 Å². The van der Waals surface area contributed by atoms with Gasteiger partial charge < -0.3 is 11.1 Å². The Morgan fingerprint density at radius 1 is 1.38 bits per heavy atom. The number of hydrogen-bond donors (Lipinski definition) is 2. The minimum absolute atomic E-state index is 0.310. The molecule has 4 nitrogen and oxygen atoms in total. The largest absolute Gasteiger partial charge is 0.368 e. The SMILES string of the molecule is Cc1cc(Br)cc(C(=O)N[C@H](C)C(N)=O)c1. The van der Waals surface area contributed by atoms with E-state index in [-0.39, 0.29) is 5.91 Å². The maximum Gasteiger partial charge on any atom is 0.251 e. The molecule has 0 spiro atoms. The lowest BCUT2D eigenvalue weighted by molar-refractivity contribution is -0.119. The Kier molecular flexibility index (Phi) is 4.06. The predicted octanol–water partition coefficient (Wildman–Crippen LogP) is 1.36. The molecule has 2 amide bonds. The fraction of sp³-hybridized carbons (Fsp3) is 0.273. The number of benzene rings is 1. The summed E-state index contributed by atoms with van der Waals surface area (Å²) in [6.07, 6.45) is 0. The summed E-state index contributed by atoms with van der Waals surface area (Å²) in [7, 11) is 0. The zero-order valence-corrected chi connectivity index (χ0v) is 10.7. The highest BCUT2D eigenvalue weighted by atomic mass is 79.9. The van der Waals surface area contributed by atoms with Gasteiger partial charge >= 0.3 is 0 Å². The summed E-state index contributed by atoms with van der Waals surface area (Å²) in [4.78, 5) is 22.5. The molecule has 0 aliphatic heterocycles. The Balaban J connectivity index is 2.84. The van der Waals surface area contributed by atoms with Gasteiger partial charge in [-0.3, -0.25) is 9.59 Å². The molecule has 0 aliphatic rings. The molecule has 1 rings (SSSR count). The van der Waals surface area contributed by atoms with E-state index in [2.05, 4.69) is 21.2 Å². The molecular weight excluding hydrogens is 272 g/mol. The first-order valence-corrected chi connectivity index (χ1v) is 5.57. The number of nitrogens with two attached hydrogens (primary N) is 1.